The van der Waals surface area contributed by atoms with Crippen molar-refractivity contribution >= 4 is 34.9 Å². The second-order valence-electron chi connectivity index (χ2n) is 4.08. The number of carbonyl (C=O) groups excluding carboxylic acids is 1. The molecule has 1 saturated heterocycles. The average Bonchev–Trinajstić information content (AvgIpc) is 2.86. The summed E-state index contributed by atoms with van der Waals surface area (Å²) in [4.78, 5) is 13.4. The third kappa shape index (κ3) is 3.73. The van der Waals surface area contributed by atoms with Crippen LogP contribution in [0.15, 0.2) is 18.2 Å². The first-order valence-corrected chi connectivity index (χ1v) is 6.53. The van der Waals surface area contributed by atoms with E-state index in [2.05, 4.69) is 5.32 Å². The van der Waals surface area contributed by atoms with Gasteiger partial charge in [0.2, 0.25) is 0 Å². The number of rotatable bonds is 3. The van der Waals surface area contributed by atoms with Gasteiger partial charge in [-0.25, -0.2) is 4.79 Å². The summed E-state index contributed by atoms with van der Waals surface area (Å²) in [6.45, 7) is 1.45. The van der Waals surface area contributed by atoms with E-state index in [1.54, 1.807) is 25.2 Å². The summed E-state index contributed by atoms with van der Waals surface area (Å²) in [6, 6.07) is 4.71. The summed E-state index contributed by atoms with van der Waals surface area (Å²) < 4.78 is 10.6. The number of ether oxygens (including phenoxy) is 2. The van der Waals surface area contributed by atoms with Gasteiger partial charge in [0.1, 0.15) is 0 Å². The third-order valence-corrected chi connectivity index (χ3v) is 3.29. The van der Waals surface area contributed by atoms with Crippen LogP contribution >= 0.6 is 23.2 Å². The second kappa shape index (κ2) is 6.43. The van der Waals surface area contributed by atoms with Crippen molar-refractivity contribution in [1.82, 2.24) is 4.90 Å². The minimum absolute atomic E-state index is 0.325. The molecule has 1 fully saturated rings. The number of halogens is 2. The van der Waals surface area contributed by atoms with E-state index >= 15 is 0 Å². The highest BCUT2D eigenvalue weighted by molar-refractivity contribution is 6.39. The van der Waals surface area contributed by atoms with Crippen molar-refractivity contribution in [3.05, 3.63) is 28.2 Å². The fourth-order valence-corrected chi connectivity index (χ4v) is 2.13. The van der Waals surface area contributed by atoms with Crippen molar-refractivity contribution in [2.75, 3.05) is 32.1 Å². The molecular formula is C12H14Cl2N2O3. The minimum Gasteiger partial charge on any atom is -0.348 e. The Morgan fingerprint density at radius 1 is 1.37 bits per heavy atom. The molecule has 1 N–H and O–H groups in total. The Bertz CT molecular complexity index is 444. The van der Waals surface area contributed by atoms with Crippen LogP contribution in [0.1, 0.15) is 0 Å². The van der Waals surface area contributed by atoms with E-state index in [-0.39, 0.29) is 12.3 Å². The molecule has 19 heavy (non-hydrogen) atoms. The Morgan fingerprint density at radius 2 is 1.95 bits per heavy atom. The van der Waals surface area contributed by atoms with E-state index in [1.165, 1.54) is 4.90 Å². The number of amides is 2. The second-order valence-corrected chi connectivity index (χ2v) is 4.89. The van der Waals surface area contributed by atoms with Gasteiger partial charge in [0.05, 0.1) is 35.5 Å². The van der Waals surface area contributed by atoms with Gasteiger partial charge in [-0.15, -0.1) is 0 Å². The first-order valence-electron chi connectivity index (χ1n) is 5.77. The van der Waals surface area contributed by atoms with Crippen molar-refractivity contribution in [3.63, 3.8) is 0 Å². The molecule has 1 aromatic rings. The molecule has 0 aliphatic carbocycles. The maximum atomic E-state index is 12.0. The summed E-state index contributed by atoms with van der Waals surface area (Å²) in [5, 5.41) is 3.45. The van der Waals surface area contributed by atoms with Crippen molar-refractivity contribution < 1.29 is 14.3 Å². The molecule has 104 valence electrons. The van der Waals surface area contributed by atoms with Gasteiger partial charge < -0.3 is 19.7 Å². The molecule has 5 nitrogen and oxygen atoms in total. The molecule has 1 heterocycles. The zero-order valence-electron chi connectivity index (χ0n) is 10.4. The smallest absolute Gasteiger partial charge is 0.321 e. The lowest BCUT2D eigenvalue weighted by molar-refractivity contribution is -0.0518. The molecule has 7 heteroatoms. The van der Waals surface area contributed by atoms with Crippen LogP contribution in [0.4, 0.5) is 10.5 Å². The number of anilines is 1. The zero-order chi connectivity index (χ0) is 13.8. The Balaban J connectivity index is 1.96. The van der Waals surface area contributed by atoms with Gasteiger partial charge in [0.25, 0.3) is 0 Å². The fourth-order valence-electron chi connectivity index (χ4n) is 1.64. The number of carbonyl (C=O) groups is 1. The van der Waals surface area contributed by atoms with Gasteiger partial charge in [0, 0.05) is 7.05 Å². The van der Waals surface area contributed by atoms with Crippen LogP contribution < -0.4 is 5.32 Å². The van der Waals surface area contributed by atoms with Gasteiger partial charge in [-0.3, -0.25) is 0 Å². The molecule has 1 aromatic carbocycles. The number of nitrogens with zero attached hydrogens (tertiary/aromatic N) is 1. The molecule has 2 amide bonds. The predicted octanol–water partition coefficient (Wildman–Crippen LogP) is 2.83. The molecule has 0 spiro atoms. The lowest BCUT2D eigenvalue weighted by atomic mass is 10.3. The lowest BCUT2D eigenvalue weighted by Gasteiger charge is -2.21. The van der Waals surface area contributed by atoms with Crippen LogP contribution in [0.5, 0.6) is 0 Å². The van der Waals surface area contributed by atoms with Gasteiger partial charge in [0.15, 0.2) is 6.29 Å². The molecule has 2 rings (SSSR count). The fraction of sp³-hybridized carbons (Fsp3) is 0.417. The zero-order valence-corrected chi connectivity index (χ0v) is 11.9. The summed E-state index contributed by atoms with van der Waals surface area (Å²) >= 11 is 12.0. The van der Waals surface area contributed by atoms with Crippen LogP contribution in [0.25, 0.3) is 0 Å². The van der Waals surface area contributed by atoms with Crippen molar-refractivity contribution in [2.45, 2.75) is 6.29 Å². The van der Waals surface area contributed by atoms with Gasteiger partial charge >= 0.3 is 6.03 Å². The lowest BCUT2D eigenvalue weighted by Crippen LogP contribution is -2.37. The van der Waals surface area contributed by atoms with Crippen LogP contribution in [0, 0.1) is 0 Å². The summed E-state index contributed by atoms with van der Waals surface area (Å²) in [5.41, 5.74) is 0.399. The van der Waals surface area contributed by atoms with Crippen LogP contribution in [-0.2, 0) is 9.47 Å². The minimum atomic E-state index is -0.377. The summed E-state index contributed by atoms with van der Waals surface area (Å²) in [7, 11) is 1.64. The Hall–Kier alpha value is -1.01. The highest BCUT2D eigenvalue weighted by atomic mass is 35.5. The monoisotopic (exact) mass is 304 g/mol. The van der Waals surface area contributed by atoms with E-state index in [1.807, 2.05) is 0 Å². The van der Waals surface area contributed by atoms with E-state index in [0.717, 1.165) is 0 Å². The van der Waals surface area contributed by atoms with Gasteiger partial charge in [-0.05, 0) is 12.1 Å². The number of likely N-dealkylation sites (N-methyl/N-ethyl adjacent to an activating group) is 1. The standard InChI is InChI=1S/C12H14Cl2N2O3/c1-16(7-10-18-5-6-19-10)12(17)15-11-8(13)3-2-4-9(11)14/h2-4,10H,5-7H2,1H3,(H,15,17). The number of hydrogen-bond donors (Lipinski definition) is 1. The van der Waals surface area contributed by atoms with Crippen LogP contribution in [-0.4, -0.2) is 44.0 Å². The third-order valence-electron chi connectivity index (χ3n) is 2.66. The molecule has 0 atom stereocenters. The van der Waals surface area contributed by atoms with Gasteiger partial charge in [-0.1, -0.05) is 29.3 Å². The Morgan fingerprint density at radius 3 is 2.53 bits per heavy atom. The normalized spacial score (nSPS) is 15.5. The van der Waals surface area contributed by atoms with E-state index in [0.29, 0.717) is 35.5 Å². The Labute approximate surface area is 121 Å². The number of nitrogens with one attached hydrogen (secondary N) is 1. The van der Waals surface area contributed by atoms with Crippen molar-refractivity contribution in [3.8, 4) is 0 Å². The Kier molecular flexibility index (Phi) is 4.87. The van der Waals surface area contributed by atoms with E-state index < -0.39 is 0 Å². The van der Waals surface area contributed by atoms with Crippen molar-refractivity contribution in [1.29, 1.82) is 0 Å². The molecule has 0 bridgehead atoms. The largest absolute Gasteiger partial charge is 0.348 e. The first-order chi connectivity index (χ1) is 9.08. The molecule has 1 aliphatic rings. The molecule has 0 saturated carbocycles. The first kappa shape index (κ1) is 14.4. The molecule has 0 aromatic heterocycles. The predicted molar refractivity (Wildman–Crippen MR) is 73.8 cm³/mol. The quantitative estimate of drug-likeness (QED) is 0.934. The van der Waals surface area contributed by atoms with E-state index in [4.69, 9.17) is 32.7 Å². The van der Waals surface area contributed by atoms with Crippen LogP contribution in [0.3, 0.4) is 0 Å². The van der Waals surface area contributed by atoms with Crippen molar-refractivity contribution in [2.24, 2.45) is 0 Å². The number of urea groups is 1. The molecular weight excluding hydrogens is 291 g/mol. The molecule has 0 radical (unpaired) electrons. The summed E-state index contributed by atoms with van der Waals surface area (Å²) in [5.74, 6) is 0. The SMILES string of the molecule is CN(CC1OCCO1)C(=O)Nc1c(Cl)cccc1Cl. The number of para-hydroxylation sites is 1. The van der Waals surface area contributed by atoms with E-state index in [9.17, 15) is 4.79 Å². The molecule has 0 unspecified atom stereocenters. The highest BCUT2D eigenvalue weighted by Crippen LogP contribution is 2.29. The highest BCUT2D eigenvalue weighted by Gasteiger charge is 2.21. The summed E-state index contributed by atoms with van der Waals surface area (Å²) in [6.07, 6.45) is -0.377. The maximum Gasteiger partial charge on any atom is 0.321 e. The number of benzene rings is 1. The van der Waals surface area contributed by atoms with Gasteiger partial charge in [-0.2, -0.15) is 0 Å². The molecule has 1 aliphatic heterocycles. The average molecular weight is 305 g/mol. The maximum absolute atomic E-state index is 12.0. The topological polar surface area (TPSA) is 50.8 Å². The number of hydrogen-bond acceptors (Lipinski definition) is 3. The van der Waals surface area contributed by atoms with Crippen LogP contribution in [0.2, 0.25) is 10.0 Å².